The van der Waals surface area contributed by atoms with Crippen molar-refractivity contribution in [2.75, 3.05) is 19.6 Å². The van der Waals surface area contributed by atoms with E-state index in [0.29, 0.717) is 19.0 Å². The number of carbonyl (C=O) groups is 2. The Hall–Kier alpha value is -2.41. The summed E-state index contributed by atoms with van der Waals surface area (Å²) in [5, 5.41) is 3.81. The van der Waals surface area contributed by atoms with E-state index in [2.05, 4.69) is 21.4 Å². The minimum absolute atomic E-state index is 0.0148. The van der Waals surface area contributed by atoms with Gasteiger partial charge in [-0.2, -0.15) is 0 Å². The minimum atomic E-state index is -0.580. The Kier molecular flexibility index (Phi) is 5.56. The second-order valence-corrected chi connectivity index (χ2v) is 7.29. The van der Waals surface area contributed by atoms with E-state index < -0.39 is 6.04 Å². The highest BCUT2D eigenvalue weighted by molar-refractivity contribution is 5.87. The number of H-pyrrole nitrogens is 1. The molecule has 0 unspecified atom stereocenters. The molecule has 1 saturated heterocycles. The number of fused-ring (bicyclic) bond motifs is 1. The van der Waals surface area contributed by atoms with Gasteiger partial charge >= 0.3 is 0 Å². The third-order valence-corrected chi connectivity index (χ3v) is 5.21. The molecule has 1 fully saturated rings. The first-order chi connectivity index (χ1) is 12.5. The summed E-state index contributed by atoms with van der Waals surface area (Å²) in [5.41, 5.74) is 7.98. The summed E-state index contributed by atoms with van der Waals surface area (Å²) in [6, 6.07) is 3.45. The molecule has 0 aliphatic carbocycles. The van der Waals surface area contributed by atoms with Gasteiger partial charge in [-0.3, -0.25) is 9.59 Å². The van der Waals surface area contributed by atoms with Gasteiger partial charge in [0.25, 0.3) is 0 Å². The lowest BCUT2D eigenvalue weighted by atomic mass is 9.89. The molecule has 1 aliphatic heterocycles. The Morgan fingerprint density at radius 3 is 2.81 bits per heavy atom. The van der Waals surface area contributed by atoms with Gasteiger partial charge < -0.3 is 20.9 Å². The van der Waals surface area contributed by atoms with Crippen molar-refractivity contribution in [3.8, 4) is 0 Å². The molecule has 2 aromatic heterocycles. The molecule has 26 heavy (non-hydrogen) atoms. The van der Waals surface area contributed by atoms with E-state index in [1.807, 2.05) is 31.0 Å². The highest BCUT2D eigenvalue weighted by atomic mass is 16.2. The molecule has 1 atom stereocenters. The van der Waals surface area contributed by atoms with Gasteiger partial charge in [0.05, 0.1) is 12.6 Å². The molecule has 3 rings (SSSR count). The molecule has 2 amide bonds. The summed E-state index contributed by atoms with van der Waals surface area (Å²) < 4.78 is 0. The molecule has 0 spiro atoms. The molecule has 0 aromatic carbocycles. The van der Waals surface area contributed by atoms with Crippen LogP contribution in [0.4, 0.5) is 0 Å². The fourth-order valence-corrected chi connectivity index (χ4v) is 3.45. The molecule has 1 aliphatic rings. The van der Waals surface area contributed by atoms with E-state index in [0.717, 1.165) is 23.9 Å². The molecule has 4 N–H and O–H groups in total. The summed E-state index contributed by atoms with van der Waals surface area (Å²) in [6.07, 6.45) is 5.64. The van der Waals surface area contributed by atoms with Crippen LogP contribution in [0, 0.1) is 5.92 Å². The van der Waals surface area contributed by atoms with Gasteiger partial charge in [-0.25, -0.2) is 4.98 Å². The van der Waals surface area contributed by atoms with E-state index in [1.54, 1.807) is 6.20 Å². The van der Waals surface area contributed by atoms with Crippen molar-refractivity contribution in [2.24, 2.45) is 11.7 Å². The smallest absolute Gasteiger partial charge is 0.241 e. The standard InChI is InChI=1S/C19H27N5O2/c1-12(2)17(20)19(26)23-11-16(25)24-8-5-13(6-9-24)15-10-22-18-14(15)4-3-7-21-18/h3-4,7,10,12-13,17H,5-6,8-9,11,20H2,1-2H3,(H,21,22)(H,23,26)/t17-/m0/s1. The fourth-order valence-electron chi connectivity index (χ4n) is 3.45. The Balaban J connectivity index is 1.52. The predicted octanol–water partition coefficient (Wildman–Crippen LogP) is 1.37. The van der Waals surface area contributed by atoms with Gasteiger partial charge in [-0.1, -0.05) is 13.8 Å². The van der Waals surface area contributed by atoms with E-state index in [9.17, 15) is 9.59 Å². The first kappa shape index (κ1) is 18.4. The average Bonchev–Trinajstić information content (AvgIpc) is 3.09. The average molecular weight is 357 g/mol. The first-order valence-electron chi connectivity index (χ1n) is 9.20. The van der Waals surface area contributed by atoms with Gasteiger partial charge in [0.15, 0.2) is 0 Å². The number of nitrogens with zero attached hydrogens (tertiary/aromatic N) is 2. The number of hydrogen-bond donors (Lipinski definition) is 3. The molecular formula is C19H27N5O2. The SMILES string of the molecule is CC(C)[C@H](N)C(=O)NCC(=O)N1CCC(c2c[nH]c3ncccc23)CC1. The Bertz CT molecular complexity index is 777. The largest absolute Gasteiger partial charge is 0.346 e. The number of aromatic nitrogens is 2. The van der Waals surface area contributed by atoms with Crippen LogP contribution < -0.4 is 11.1 Å². The van der Waals surface area contributed by atoms with Crippen molar-refractivity contribution in [3.05, 3.63) is 30.1 Å². The zero-order valence-corrected chi connectivity index (χ0v) is 15.4. The summed E-state index contributed by atoms with van der Waals surface area (Å²) in [6.45, 7) is 5.18. The maximum absolute atomic E-state index is 12.4. The number of amides is 2. The zero-order chi connectivity index (χ0) is 18.7. The lowest BCUT2D eigenvalue weighted by Crippen LogP contribution is -2.49. The summed E-state index contributed by atoms with van der Waals surface area (Å²) in [4.78, 5) is 33.6. The highest BCUT2D eigenvalue weighted by Crippen LogP contribution is 2.32. The predicted molar refractivity (Wildman–Crippen MR) is 100 cm³/mol. The number of aromatic amines is 1. The number of nitrogens with two attached hydrogens (primary N) is 1. The Morgan fingerprint density at radius 2 is 2.12 bits per heavy atom. The number of hydrogen-bond acceptors (Lipinski definition) is 4. The number of piperidine rings is 1. The topological polar surface area (TPSA) is 104 Å². The van der Waals surface area contributed by atoms with Gasteiger partial charge in [-0.15, -0.1) is 0 Å². The first-order valence-corrected chi connectivity index (χ1v) is 9.20. The number of pyridine rings is 1. The molecule has 140 valence electrons. The molecule has 3 heterocycles. The van der Waals surface area contributed by atoms with E-state index >= 15 is 0 Å². The van der Waals surface area contributed by atoms with Crippen molar-refractivity contribution in [2.45, 2.75) is 38.6 Å². The van der Waals surface area contributed by atoms with Crippen molar-refractivity contribution < 1.29 is 9.59 Å². The van der Waals surface area contributed by atoms with Crippen LogP contribution in [0.25, 0.3) is 11.0 Å². The van der Waals surface area contributed by atoms with Crippen LogP contribution in [-0.4, -0.2) is 52.4 Å². The number of carbonyl (C=O) groups excluding carboxylic acids is 2. The summed E-state index contributed by atoms with van der Waals surface area (Å²) >= 11 is 0. The van der Waals surface area contributed by atoms with Crippen LogP contribution in [0.1, 0.15) is 38.2 Å². The van der Waals surface area contributed by atoms with E-state index in [1.165, 1.54) is 5.56 Å². The molecule has 7 heteroatoms. The van der Waals surface area contributed by atoms with Crippen LogP contribution in [0.2, 0.25) is 0 Å². The van der Waals surface area contributed by atoms with Crippen LogP contribution in [0.15, 0.2) is 24.5 Å². The Morgan fingerprint density at radius 1 is 1.38 bits per heavy atom. The molecule has 2 aromatic rings. The summed E-state index contributed by atoms with van der Waals surface area (Å²) in [7, 11) is 0. The second-order valence-electron chi connectivity index (χ2n) is 7.29. The quantitative estimate of drug-likeness (QED) is 0.752. The molecule has 0 bridgehead atoms. The number of nitrogens with one attached hydrogen (secondary N) is 2. The third kappa shape index (κ3) is 3.88. The van der Waals surface area contributed by atoms with Crippen LogP contribution in [0.5, 0.6) is 0 Å². The van der Waals surface area contributed by atoms with Crippen LogP contribution in [-0.2, 0) is 9.59 Å². The normalized spacial score (nSPS) is 16.8. The zero-order valence-electron chi connectivity index (χ0n) is 15.4. The van der Waals surface area contributed by atoms with Crippen molar-refractivity contribution in [1.29, 1.82) is 0 Å². The van der Waals surface area contributed by atoms with Gasteiger partial charge in [0.2, 0.25) is 11.8 Å². The van der Waals surface area contributed by atoms with Crippen molar-refractivity contribution >= 4 is 22.8 Å². The van der Waals surface area contributed by atoms with Gasteiger partial charge in [-0.05, 0) is 42.4 Å². The summed E-state index contributed by atoms with van der Waals surface area (Å²) in [5.74, 6) is 0.148. The number of likely N-dealkylation sites (tertiary alicyclic amines) is 1. The second kappa shape index (κ2) is 7.86. The minimum Gasteiger partial charge on any atom is -0.346 e. The highest BCUT2D eigenvalue weighted by Gasteiger charge is 2.26. The monoisotopic (exact) mass is 357 g/mol. The van der Waals surface area contributed by atoms with Crippen molar-refractivity contribution in [3.63, 3.8) is 0 Å². The fraction of sp³-hybridized carbons (Fsp3) is 0.526. The van der Waals surface area contributed by atoms with E-state index in [-0.39, 0.29) is 24.3 Å². The third-order valence-electron chi connectivity index (χ3n) is 5.21. The van der Waals surface area contributed by atoms with E-state index in [4.69, 9.17) is 5.73 Å². The van der Waals surface area contributed by atoms with Gasteiger partial charge in [0, 0.05) is 30.9 Å². The van der Waals surface area contributed by atoms with Crippen LogP contribution in [0.3, 0.4) is 0 Å². The Labute approximate surface area is 153 Å². The lowest BCUT2D eigenvalue weighted by Gasteiger charge is -2.32. The van der Waals surface area contributed by atoms with Crippen LogP contribution >= 0.6 is 0 Å². The number of rotatable bonds is 5. The van der Waals surface area contributed by atoms with Crippen molar-refractivity contribution in [1.82, 2.24) is 20.2 Å². The molecule has 0 radical (unpaired) electrons. The van der Waals surface area contributed by atoms with Gasteiger partial charge in [0.1, 0.15) is 5.65 Å². The molecular weight excluding hydrogens is 330 g/mol. The maximum atomic E-state index is 12.4. The molecule has 0 saturated carbocycles. The maximum Gasteiger partial charge on any atom is 0.241 e. The molecule has 7 nitrogen and oxygen atoms in total. The lowest BCUT2D eigenvalue weighted by molar-refractivity contribution is -0.134.